The molecule has 1 N–H and O–H groups in total. The molecule has 1 heterocycles. The Bertz CT molecular complexity index is 849. The lowest BCUT2D eigenvalue weighted by Crippen LogP contribution is -2.44. The molecule has 3 rings (SSSR count). The number of para-hydroxylation sites is 1. The molecule has 1 saturated carbocycles. The van der Waals surface area contributed by atoms with Crippen LogP contribution in [0.15, 0.2) is 34.2 Å². The van der Waals surface area contributed by atoms with Crippen molar-refractivity contribution in [3.8, 4) is 0 Å². The van der Waals surface area contributed by atoms with Gasteiger partial charge in [-0.1, -0.05) is 43.7 Å². The molecular weight excluding hydrogens is 346 g/mol. The number of carbonyl (C=O) groups is 1. The number of nitrogens with zero attached hydrogens (tertiary/aromatic N) is 2. The summed E-state index contributed by atoms with van der Waals surface area (Å²) in [6.07, 6.45) is 4.66. The van der Waals surface area contributed by atoms with E-state index in [-0.39, 0.29) is 22.8 Å². The minimum Gasteiger partial charge on any atom is -0.352 e. The third-order valence-electron chi connectivity index (χ3n) is 5.23. The van der Waals surface area contributed by atoms with Crippen LogP contribution in [0.3, 0.4) is 0 Å². The Morgan fingerprint density at radius 3 is 2.81 bits per heavy atom. The molecule has 0 unspecified atom stereocenters. The lowest BCUT2D eigenvalue weighted by molar-refractivity contribution is -0.121. The molecule has 1 aromatic heterocycles. The maximum Gasteiger partial charge on any atom is 0.262 e. The summed E-state index contributed by atoms with van der Waals surface area (Å²) in [5, 5.41) is 4.13. The average molecular weight is 374 g/mol. The molecule has 3 atom stereocenters. The average Bonchev–Trinajstić information content (AvgIpc) is 2.64. The van der Waals surface area contributed by atoms with Crippen LogP contribution < -0.4 is 10.9 Å². The Kier molecular flexibility index (Phi) is 6.01. The van der Waals surface area contributed by atoms with Crippen LogP contribution in [0.25, 0.3) is 10.9 Å². The zero-order valence-electron chi connectivity index (χ0n) is 15.7. The standard InChI is InChI=1S/C20H27N3O2S/c1-4-23-19(25)15-10-6-8-12-17(15)22-20(23)26-14(3)18(24)21-16-11-7-5-9-13(16)2/h6,8,10,12-14,16H,4-5,7,9,11H2,1-3H3,(H,21,24)/t13-,14-,16+/m0/s1. The van der Waals surface area contributed by atoms with Crippen molar-refractivity contribution in [2.75, 3.05) is 0 Å². The highest BCUT2D eigenvalue weighted by Crippen LogP contribution is 2.26. The summed E-state index contributed by atoms with van der Waals surface area (Å²) in [4.78, 5) is 30.0. The first-order valence-electron chi connectivity index (χ1n) is 9.48. The van der Waals surface area contributed by atoms with E-state index in [0.29, 0.717) is 28.5 Å². The van der Waals surface area contributed by atoms with Gasteiger partial charge >= 0.3 is 0 Å². The number of benzene rings is 1. The van der Waals surface area contributed by atoms with Gasteiger partial charge in [-0.05, 0) is 44.7 Å². The SMILES string of the molecule is CCn1c(S[C@@H](C)C(=O)N[C@@H]2CCCC[C@@H]2C)nc2ccccc2c1=O. The number of thioether (sulfide) groups is 1. The molecule has 1 amide bonds. The van der Waals surface area contributed by atoms with Gasteiger partial charge in [0.2, 0.25) is 5.91 Å². The van der Waals surface area contributed by atoms with E-state index in [1.807, 2.05) is 32.0 Å². The van der Waals surface area contributed by atoms with Crippen molar-refractivity contribution in [2.24, 2.45) is 5.92 Å². The van der Waals surface area contributed by atoms with Crippen LogP contribution >= 0.6 is 11.8 Å². The smallest absolute Gasteiger partial charge is 0.262 e. The van der Waals surface area contributed by atoms with Gasteiger partial charge < -0.3 is 5.32 Å². The first kappa shape index (κ1) is 19.0. The predicted molar refractivity (Wildman–Crippen MR) is 107 cm³/mol. The summed E-state index contributed by atoms with van der Waals surface area (Å²) in [6.45, 7) is 6.56. The molecular formula is C20H27N3O2S. The van der Waals surface area contributed by atoms with Gasteiger partial charge in [0.05, 0.1) is 16.2 Å². The van der Waals surface area contributed by atoms with Gasteiger partial charge in [-0.2, -0.15) is 0 Å². The second-order valence-electron chi connectivity index (χ2n) is 7.10. The third-order valence-corrected chi connectivity index (χ3v) is 6.32. The molecule has 140 valence electrons. The lowest BCUT2D eigenvalue weighted by atomic mass is 9.86. The molecule has 6 heteroatoms. The topological polar surface area (TPSA) is 64.0 Å². The maximum atomic E-state index is 12.7. The number of hydrogen-bond donors (Lipinski definition) is 1. The van der Waals surface area contributed by atoms with Crippen molar-refractivity contribution in [1.82, 2.24) is 14.9 Å². The van der Waals surface area contributed by atoms with Crippen LogP contribution in [0.5, 0.6) is 0 Å². The molecule has 1 aliphatic rings. The highest BCUT2D eigenvalue weighted by atomic mass is 32.2. The van der Waals surface area contributed by atoms with Gasteiger partial charge in [-0.15, -0.1) is 0 Å². The van der Waals surface area contributed by atoms with Gasteiger partial charge in [0.25, 0.3) is 5.56 Å². The second-order valence-corrected chi connectivity index (χ2v) is 8.41. The lowest BCUT2D eigenvalue weighted by Gasteiger charge is -2.30. The van der Waals surface area contributed by atoms with E-state index in [2.05, 4.69) is 17.2 Å². The second kappa shape index (κ2) is 8.25. The molecule has 1 aromatic carbocycles. The fraction of sp³-hybridized carbons (Fsp3) is 0.550. The van der Waals surface area contributed by atoms with E-state index in [1.54, 1.807) is 10.6 Å². The van der Waals surface area contributed by atoms with Gasteiger partial charge in [-0.25, -0.2) is 4.98 Å². The Hall–Kier alpha value is -1.82. The first-order chi connectivity index (χ1) is 12.5. The van der Waals surface area contributed by atoms with Gasteiger partial charge in [0.15, 0.2) is 5.16 Å². The molecule has 1 aliphatic carbocycles. The summed E-state index contributed by atoms with van der Waals surface area (Å²) < 4.78 is 1.65. The van der Waals surface area contributed by atoms with Crippen molar-refractivity contribution in [3.05, 3.63) is 34.6 Å². The van der Waals surface area contributed by atoms with Gasteiger partial charge in [0, 0.05) is 12.6 Å². The largest absolute Gasteiger partial charge is 0.352 e. The minimum absolute atomic E-state index is 0.0267. The van der Waals surface area contributed by atoms with Crippen LogP contribution in [0.1, 0.15) is 46.5 Å². The Morgan fingerprint density at radius 2 is 2.08 bits per heavy atom. The van der Waals surface area contributed by atoms with Crippen molar-refractivity contribution in [2.45, 2.75) is 69.4 Å². The highest BCUT2D eigenvalue weighted by molar-refractivity contribution is 8.00. The quantitative estimate of drug-likeness (QED) is 0.643. The van der Waals surface area contributed by atoms with Crippen LogP contribution in [-0.2, 0) is 11.3 Å². The molecule has 1 fully saturated rings. The van der Waals surface area contributed by atoms with Crippen molar-refractivity contribution in [1.29, 1.82) is 0 Å². The maximum absolute atomic E-state index is 12.7. The van der Waals surface area contributed by atoms with Crippen molar-refractivity contribution < 1.29 is 4.79 Å². The van der Waals surface area contributed by atoms with E-state index < -0.39 is 0 Å². The van der Waals surface area contributed by atoms with E-state index >= 15 is 0 Å². The molecule has 2 aromatic rings. The molecule has 0 aliphatic heterocycles. The van der Waals surface area contributed by atoms with Crippen LogP contribution in [0.4, 0.5) is 0 Å². The zero-order valence-corrected chi connectivity index (χ0v) is 16.5. The summed E-state index contributed by atoms with van der Waals surface area (Å²) in [5.41, 5.74) is 0.632. The summed E-state index contributed by atoms with van der Waals surface area (Å²) in [5.74, 6) is 0.552. The molecule has 0 saturated heterocycles. The number of hydrogen-bond acceptors (Lipinski definition) is 4. The van der Waals surface area contributed by atoms with Gasteiger partial charge in [-0.3, -0.25) is 14.2 Å². The van der Waals surface area contributed by atoms with Crippen molar-refractivity contribution in [3.63, 3.8) is 0 Å². The van der Waals surface area contributed by atoms with E-state index in [4.69, 9.17) is 0 Å². The fourth-order valence-electron chi connectivity index (χ4n) is 3.56. The summed E-state index contributed by atoms with van der Waals surface area (Å²) in [7, 11) is 0. The minimum atomic E-state index is -0.296. The summed E-state index contributed by atoms with van der Waals surface area (Å²) >= 11 is 1.36. The number of aromatic nitrogens is 2. The highest BCUT2D eigenvalue weighted by Gasteiger charge is 2.26. The van der Waals surface area contributed by atoms with E-state index in [0.717, 1.165) is 6.42 Å². The Morgan fingerprint density at radius 1 is 1.35 bits per heavy atom. The Labute approximate surface area is 158 Å². The van der Waals surface area contributed by atoms with E-state index in [9.17, 15) is 9.59 Å². The number of rotatable bonds is 5. The third kappa shape index (κ3) is 3.95. The van der Waals surface area contributed by atoms with Crippen LogP contribution in [0, 0.1) is 5.92 Å². The van der Waals surface area contributed by atoms with Crippen molar-refractivity contribution >= 4 is 28.6 Å². The number of fused-ring (bicyclic) bond motifs is 1. The van der Waals surface area contributed by atoms with Crippen LogP contribution in [0.2, 0.25) is 0 Å². The summed E-state index contributed by atoms with van der Waals surface area (Å²) in [6, 6.07) is 7.62. The number of carbonyl (C=O) groups excluding carboxylic acids is 1. The normalized spacial score (nSPS) is 21.5. The van der Waals surface area contributed by atoms with Gasteiger partial charge in [0.1, 0.15) is 0 Å². The monoisotopic (exact) mass is 373 g/mol. The first-order valence-corrected chi connectivity index (χ1v) is 10.4. The molecule has 26 heavy (non-hydrogen) atoms. The number of amides is 1. The molecule has 0 radical (unpaired) electrons. The molecule has 0 bridgehead atoms. The Balaban J connectivity index is 1.79. The van der Waals surface area contributed by atoms with E-state index in [1.165, 1.54) is 31.0 Å². The zero-order chi connectivity index (χ0) is 18.7. The molecule has 5 nitrogen and oxygen atoms in total. The predicted octanol–water partition coefficient (Wildman–Crippen LogP) is 3.59. The van der Waals surface area contributed by atoms with Crippen LogP contribution in [-0.4, -0.2) is 26.8 Å². The fourth-order valence-corrected chi connectivity index (χ4v) is 4.54. The molecule has 0 spiro atoms. The number of nitrogens with one attached hydrogen (secondary N) is 1.